The maximum atomic E-state index is 14.7. The number of carbonyl (C=O) groups is 1. The lowest BCUT2D eigenvalue weighted by atomic mass is 9.93. The molecule has 0 bridgehead atoms. The Kier molecular flexibility index (Phi) is 7.50. The van der Waals surface area contributed by atoms with Gasteiger partial charge in [0.2, 0.25) is 0 Å². The predicted octanol–water partition coefficient (Wildman–Crippen LogP) is 7.43. The Morgan fingerprint density at radius 1 is 0.943 bits per heavy atom. The molecule has 0 aromatic heterocycles. The summed E-state index contributed by atoms with van der Waals surface area (Å²) >= 11 is 0. The second-order valence-electron chi connectivity index (χ2n) is 8.35. The van der Waals surface area contributed by atoms with Gasteiger partial charge in [-0.05, 0) is 71.5 Å². The van der Waals surface area contributed by atoms with E-state index in [1.165, 1.54) is 5.56 Å². The lowest BCUT2D eigenvalue weighted by Crippen LogP contribution is -2.08. The van der Waals surface area contributed by atoms with E-state index >= 15 is 0 Å². The van der Waals surface area contributed by atoms with Crippen molar-refractivity contribution in [1.82, 2.24) is 0 Å². The number of carbonyl (C=O) groups excluding carboxylic acids is 1. The van der Waals surface area contributed by atoms with Gasteiger partial charge in [0.25, 0.3) is 0 Å². The number of nitriles is 1. The van der Waals surface area contributed by atoms with E-state index < -0.39 is 5.97 Å². The van der Waals surface area contributed by atoms with Gasteiger partial charge in [-0.1, -0.05) is 73.7 Å². The molecule has 0 fully saturated rings. The maximum absolute atomic E-state index is 14.7. The molecule has 0 N–H and O–H groups in total. The molecule has 1 atom stereocenters. The monoisotopic (exact) mass is 461 g/mol. The van der Waals surface area contributed by atoms with Crippen LogP contribution in [0.3, 0.4) is 0 Å². The van der Waals surface area contributed by atoms with Gasteiger partial charge < -0.3 is 4.74 Å². The standard InChI is InChI=1S/C31H24FNO2/c1-22(26-5-3-2-4-6-26)19-25-10-14-27(30(32)20-25)13-7-23-8-15-28(16-9-23)31(34)35-29-17-11-24(21-33)12-18-29/h2-18,20,22H,19H2,1H3/b13-7+. The number of halogens is 1. The van der Waals surface area contributed by atoms with Gasteiger partial charge in [0.05, 0.1) is 17.2 Å². The number of rotatable bonds is 7. The molecule has 4 aromatic carbocycles. The summed E-state index contributed by atoms with van der Waals surface area (Å²) in [5.41, 5.74) is 4.43. The number of esters is 1. The van der Waals surface area contributed by atoms with Gasteiger partial charge in [0.15, 0.2) is 0 Å². The average Bonchev–Trinajstić information content (AvgIpc) is 2.89. The van der Waals surface area contributed by atoms with E-state index in [4.69, 9.17) is 10.00 Å². The van der Waals surface area contributed by atoms with Crippen LogP contribution in [-0.2, 0) is 6.42 Å². The van der Waals surface area contributed by atoms with Crippen LogP contribution in [0.4, 0.5) is 4.39 Å². The van der Waals surface area contributed by atoms with Crippen LogP contribution in [-0.4, -0.2) is 5.97 Å². The number of nitrogens with zero attached hydrogens (tertiary/aromatic N) is 1. The Hall–Kier alpha value is -4.49. The van der Waals surface area contributed by atoms with E-state index in [1.807, 2.05) is 30.3 Å². The molecule has 0 aliphatic carbocycles. The normalized spacial score (nSPS) is 11.7. The first kappa shape index (κ1) is 23.7. The van der Waals surface area contributed by atoms with Crippen molar-refractivity contribution in [3.63, 3.8) is 0 Å². The Balaban J connectivity index is 1.37. The molecule has 0 heterocycles. The van der Waals surface area contributed by atoms with E-state index in [0.717, 1.165) is 17.5 Å². The summed E-state index contributed by atoms with van der Waals surface area (Å²) in [6.45, 7) is 2.14. The first-order valence-corrected chi connectivity index (χ1v) is 11.4. The minimum atomic E-state index is -0.489. The van der Waals surface area contributed by atoms with Crippen molar-refractivity contribution in [2.24, 2.45) is 0 Å². The molecule has 4 heteroatoms. The third-order valence-electron chi connectivity index (χ3n) is 5.77. The summed E-state index contributed by atoms with van der Waals surface area (Å²) in [5, 5.41) is 8.84. The summed E-state index contributed by atoms with van der Waals surface area (Å²) in [5.74, 6) is -0.0765. The van der Waals surface area contributed by atoms with E-state index in [0.29, 0.717) is 28.4 Å². The second-order valence-corrected chi connectivity index (χ2v) is 8.35. The van der Waals surface area contributed by atoms with Gasteiger partial charge in [0.1, 0.15) is 11.6 Å². The molecule has 0 saturated carbocycles. The lowest BCUT2D eigenvalue weighted by Gasteiger charge is -2.12. The van der Waals surface area contributed by atoms with E-state index in [-0.39, 0.29) is 5.82 Å². The summed E-state index contributed by atoms with van der Waals surface area (Å²) in [4.78, 5) is 12.3. The maximum Gasteiger partial charge on any atom is 0.343 e. The highest BCUT2D eigenvalue weighted by Crippen LogP contribution is 2.22. The van der Waals surface area contributed by atoms with Crippen LogP contribution in [0.2, 0.25) is 0 Å². The molecule has 4 rings (SSSR count). The van der Waals surface area contributed by atoms with Crippen molar-refractivity contribution >= 4 is 18.1 Å². The first-order valence-electron chi connectivity index (χ1n) is 11.4. The molecule has 4 aromatic rings. The zero-order valence-electron chi connectivity index (χ0n) is 19.3. The third kappa shape index (κ3) is 6.31. The first-order chi connectivity index (χ1) is 17.0. The molecule has 0 amide bonds. The highest BCUT2D eigenvalue weighted by Gasteiger charge is 2.10. The summed E-state index contributed by atoms with van der Waals surface area (Å²) in [7, 11) is 0. The molecule has 3 nitrogen and oxygen atoms in total. The summed E-state index contributed by atoms with van der Waals surface area (Å²) < 4.78 is 20.0. The molecule has 0 spiro atoms. The smallest absolute Gasteiger partial charge is 0.343 e. The molecule has 172 valence electrons. The third-order valence-corrected chi connectivity index (χ3v) is 5.77. The van der Waals surface area contributed by atoms with Crippen molar-refractivity contribution in [2.45, 2.75) is 19.3 Å². The topological polar surface area (TPSA) is 50.1 Å². The predicted molar refractivity (Wildman–Crippen MR) is 136 cm³/mol. The highest BCUT2D eigenvalue weighted by molar-refractivity contribution is 5.91. The van der Waals surface area contributed by atoms with Gasteiger partial charge in [-0.3, -0.25) is 0 Å². The number of benzene rings is 4. The molecular formula is C31H24FNO2. The summed E-state index contributed by atoms with van der Waals surface area (Å²) in [6, 6.07) is 30.8. The van der Waals surface area contributed by atoms with Gasteiger partial charge in [-0.2, -0.15) is 5.26 Å². The van der Waals surface area contributed by atoms with Gasteiger partial charge in [0, 0.05) is 5.56 Å². The largest absolute Gasteiger partial charge is 0.423 e. The van der Waals surface area contributed by atoms with Crippen molar-refractivity contribution in [3.05, 3.63) is 136 Å². The van der Waals surface area contributed by atoms with Gasteiger partial charge in [-0.15, -0.1) is 0 Å². The molecule has 1 unspecified atom stereocenters. The Morgan fingerprint density at radius 2 is 1.66 bits per heavy atom. The quantitative estimate of drug-likeness (QED) is 0.163. The van der Waals surface area contributed by atoms with Crippen molar-refractivity contribution < 1.29 is 13.9 Å². The lowest BCUT2D eigenvalue weighted by molar-refractivity contribution is 0.0734. The molecule has 0 radical (unpaired) electrons. The van der Waals surface area contributed by atoms with Crippen LogP contribution in [0, 0.1) is 17.1 Å². The Bertz CT molecular complexity index is 1370. The minimum Gasteiger partial charge on any atom is -0.423 e. The van der Waals surface area contributed by atoms with Gasteiger partial charge >= 0.3 is 5.97 Å². The Labute approximate surface area is 204 Å². The fourth-order valence-electron chi connectivity index (χ4n) is 3.77. The van der Waals surface area contributed by atoms with E-state index in [9.17, 15) is 9.18 Å². The summed E-state index contributed by atoms with van der Waals surface area (Å²) in [6.07, 6.45) is 4.30. The van der Waals surface area contributed by atoms with Crippen LogP contribution in [0.1, 0.15) is 51.0 Å². The van der Waals surface area contributed by atoms with Crippen LogP contribution < -0.4 is 4.74 Å². The number of hydrogen-bond acceptors (Lipinski definition) is 3. The highest BCUT2D eigenvalue weighted by atomic mass is 19.1. The van der Waals surface area contributed by atoms with Crippen molar-refractivity contribution in [2.75, 3.05) is 0 Å². The molecule has 0 saturated heterocycles. The van der Waals surface area contributed by atoms with Crippen LogP contribution >= 0.6 is 0 Å². The van der Waals surface area contributed by atoms with Crippen LogP contribution in [0.25, 0.3) is 12.2 Å². The SMILES string of the molecule is CC(Cc1ccc(/C=C/c2ccc(C(=O)Oc3ccc(C#N)cc3)cc2)c(F)c1)c1ccccc1. The minimum absolute atomic E-state index is 0.262. The van der Waals surface area contributed by atoms with Crippen LogP contribution in [0.5, 0.6) is 5.75 Å². The molecule has 0 aliphatic rings. The van der Waals surface area contributed by atoms with E-state index in [1.54, 1.807) is 72.8 Å². The number of ether oxygens (including phenoxy) is 1. The number of hydrogen-bond donors (Lipinski definition) is 0. The molecule has 0 aliphatic heterocycles. The van der Waals surface area contributed by atoms with Gasteiger partial charge in [-0.25, -0.2) is 9.18 Å². The average molecular weight is 462 g/mol. The van der Waals surface area contributed by atoms with Crippen molar-refractivity contribution in [1.29, 1.82) is 5.26 Å². The van der Waals surface area contributed by atoms with Crippen molar-refractivity contribution in [3.8, 4) is 11.8 Å². The molecular weight excluding hydrogens is 437 g/mol. The Morgan fingerprint density at radius 3 is 2.31 bits per heavy atom. The zero-order valence-corrected chi connectivity index (χ0v) is 19.3. The van der Waals surface area contributed by atoms with Crippen LogP contribution in [0.15, 0.2) is 97.1 Å². The van der Waals surface area contributed by atoms with E-state index in [2.05, 4.69) is 19.1 Å². The molecule has 35 heavy (non-hydrogen) atoms. The fraction of sp³-hybridized carbons (Fsp3) is 0.0968. The zero-order chi connectivity index (χ0) is 24.6. The fourth-order valence-corrected chi connectivity index (χ4v) is 3.77. The second kappa shape index (κ2) is 11.1.